The summed E-state index contributed by atoms with van der Waals surface area (Å²) in [6.07, 6.45) is 0. The smallest absolute Gasteiger partial charge is 0.256 e. The Morgan fingerprint density at radius 2 is 1.53 bits per heavy atom. The number of para-hydroxylation sites is 1. The molecule has 0 aliphatic carbocycles. The third-order valence-corrected chi connectivity index (χ3v) is 5.90. The van der Waals surface area contributed by atoms with Gasteiger partial charge in [-0.3, -0.25) is 9.59 Å². The van der Waals surface area contributed by atoms with Crippen LogP contribution in [0.15, 0.2) is 60.7 Å². The number of nitrogens with zero attached hydrogens (tertiary/aromatic N) is 1. The normalized spacial score (nSPS) is 10.6. The van der Waals surface area contributed by atoms with Gasteiger partial charge in [0.05, 0.1) is 49.4 Å². The summed E-state index contributed by atoms with van der Waals surface area (Å²) >= 11 is 0. The molecule has 3 aromatic carbocycles. The molecule has 0 atom stereocenters. The van der Waals surface area contributed by atoms with Crippen molar-refractivity contribution >= 4 is 28.4 Å². The first-order chi connectivity index (χ1) is 17.4. The van der Waals surface area contributed by atoms with Crippen LogP contribution < -0.4 is 24.8 Å². The van der Waals surface area contributed by atoms with E-state index in [1.807, 2.05) is 37.3 Å². The molecule has 36 heavy (non-hydrogen) atoms. The number of anilines is 1. The Morgan fingerprint density at radius 1 is 0.833 bits per heavy atom. The minimum Gasteiger partial charge on any atom is -0.493 e. The maximum atomic E-state index is 13.6. The number of hydrogen-bond donors (Lipinski definition) is 2. The Balaban J connectivity index is 1.85. The lowest BCUT2D eigenvalue weighted by Crippen LogP contribution is -2.22. The van der Waals surface area contributed by atoms with Crippen molar-refractivity contribution in [2.24, 2.45) is 0 Å². The maximum absolute atomic E-state index is 13.6. The summed E-state index contributed by atoms with van der Waals surface area (Å²) < 4.78 is 16.4. The zero-order chi connectivity index (χ0) is 25.8. The lowest BCUT2D eigenvalue weighted by molar-refractivity contribution is 0.0963. The summed E-state index contributed by atoms with van der Waals surface area (Å²) in [4.78, 5) is 30.9. The first kappa shape index (κ1) is 24.5. The molecule has 0 unspecified atom stereocenters. The average Bonchev–Trinajstić information content (AvgIpc) is 2.91. The van der Waals surface area contributed by atoms with Gasteiger partial charge in [-0.25, -0.2) is 4.98 Å². The zero-order valence-electron chi connectivity index (χ0n) is 20.8. The van der Waals surface area contributed by atoms with E-state index >= 15 is 0 Å². The molecular weight excluding hydrogens is 458 g/mol. The van der Waals surface area contributed by atoms with E-state index in [2.05, 4.69) is 10.6 Å². The molecule has 0 aliphatic heterocycles. The molecule has 0 radical (unpaired) electrons. The molecule has 4 rings (SSSR count). The second-order valence-corrected chi connectivity index (χ2v) is 8.02. The summed E-state index contributed by atoms with van der Waals surface area (Å²) in [7, 11) is 6.18. The van der Waals surface area contributed by atoms with Crippen molar-refractivity contribution in [3.8, 4) is 28.5 Å². The minimum absolute atomic E-state index is 0.277. The van der Waals surface area contributed by atoms with E-state index in [1.54, 1.807) is 51.6 Å². The quantitative estimate of drug-likeness (QED) is 0.388. The number of ether oxygens (including phenoxy) is 3. The number of amides is 2. The molecule has 8 heteroatoms. The zero-order valence-corrected chi connectivity index (χ0v) is 20.8. The number of aryl methyl sites for hydroxylation is 1. The van der Waals surface area contributed by atoms with Crippen LogP contribution in [0, 0.1) is 6.92 Å². The van der Waals surface area contributed by atoms with Gasteiger partial charge in [0, 0.05) is 18.0 Å². The van der Waals surface area contributed by atoms with Crippen molar-refractivity contribution in [3.05, 3.63) is 77.4 Å². The third kappa shape index (κ3) is 4.53. The van der Waals surface area contributed by atoms with Crippen molar-refractivity contribution in [2.45, 2.75) is 6.92 Å². The van der Waals surface area contributed by atoms with E-state index in [0.29, 0.717) is 56.2 Å². The number of carbonyl (C=O) groups excluding carboxylic acids is 2. The minimum atomic E-state index is -0.363. The van der Waals surface area contributed by atoms with Crippen LogP contribution in [0.25, 0.3) is 22.2 Å². The highest BCUT2D eigenvalue weighted by Gasteiger charge is 2.20. The fourth-order valence-corrected chi connectivity index (χ4v) is 4.13. The van der Waals surface area contributed by atoms with Crippen LogP contribution in [0.5, 0.6) is 17.2 Å². The van der Waals surface area contributed by atoms with Gasteiger partial charge in [0.1, 0.15) is 0 Å². The van der Waals surface area contributed by atoms with E-state index in [-0.39, 0.29) is 11.8 Å². The van der Waals surface area contributed by atoms with Crippen LogP contribution in [0.3, 0.4) is 0 Å². The molecule has 1 aromatic heterocycles. The van der Waals surface area contributed by atoms with Crippen molar-refractivity contribution in [3.63, 3.8) is 0 Å². The SMILES string of the molecule is CNC(=O)c1c(C)cccc1NC(=O)c1cc(-c2cc(OC)c(OC)c(OC)c2)nc2ccccc12. The standard InChI is InChI=1S/C28H27N3O5/c1-16-9-8-12-21(25(16)28(33)29-2)31-27(32)19-15-22(30-20-11-7-6-10-18(19)20)17-13-23(34-3)26(36-5)24(14-17)35-4/h6-15H,1-5H3,(H,29,33)(H,31,32). The molecular formula is C28H27N3O5. The van der Waals surface area contributed by atoms with Crippen molar-refractivity contribution in [1.29, 1.82) is 0 Å². The van der Waals surface area contributed by atoms with Crippen LogP contribution in [-0.2, 0) is 0 Å². The number of pyridine rings is 1. The molecule has 0 bridgehead atoms. The fraction of sp³-hybridized carbons (Fsp3) is 0.179. The van der Waals surface area contributed by atoms with Crippen LogP contribution in [0.4, 0.5) is 5.69 Å². The summed E-state index contributed by atoms with van der Waals surface area (Å²) in [5.74, 6) is 0.772. The first-order valence-corrected chi connectivity index (χ1v) is 11.2. The summed E-state index contributed by atoms with van der Waals surface area (Å²) in [6.45, 7) is 1.82. The number of aromatic nitrogens is 1. The predicted octanol–water partition coefficient (Wildman–Crippen LogP) is 4.85. The second-order valence-electron chi connectivity index (χ2n) is 8.02. The monoisotopic (exact) mass is 485 g/mol. The number of methoxy groups -OCH3 is 3. The Morgan fingerprint density at radius 3 is 2.17 bits per heavy atom. The Bertz CT molecular complexity index is 1440. The maximum Gasteiger partial charge on any atom is 0.256 e. The molecule has 2 amide bonds. The van der Waals surface area contributed by atoms with Gasteiger partial charge in [0.2, 0.25) is 5.75 Å². The summed E-state index contributed by atoms with van der Waals surface area (Å²) in [5, 5.41) is 6.23. The molecule has 1 heterocycles. The van der Waals surface area contributed by atoms with Gasteiger partial charge >= 0.3 is 0 Å². The van der Waals surface area contributed by atoms with Gasteiger partial charge in [0.25, 0.3) is 11.8 Å². The third-order valence-electron chi connectivity index (χ3n) is 5.90. The summed E-state index contributed by atoms with van der Waals surface area (Å²) in [5.41, 5.74) is 3.88. The van der Waals surface area contributed by atoms with Gasteiger partial charge < -0.3 is 24.8 Å². The fourth-order valence-electron chi connectivity index (χ4n) is 4.13. The Labute approximate surface area is 209 Å². The van der Waals surface area contributed by atoms with Gasteiger partial charge in [-0.05, 0) is 42.8 Å². The van der Waals surface area contributed by atoms with Crippen molar-refractivity contribution in [2.75, 3.05) is 33.7 Å². The van der Waals surface area contributed by atoms with E-state index in [1.165, 1.54) is 7.11 Å². The van der Waals surface area contributed by atoms with Gasteiger partial charge in [0.15, 0.2) is 11.5 Å². The molecule has 2 N–H and O–H groups in total. The highest BCUT2D eigenvalue weighted by atomic mass is 16.5. The van der Waals surface area contributed by atoms with Crippen LogP contribution in [0.1, 0.15) is 26.3 Å². The molecule has 0 saturated heterocycles. The van der Waals surface area contributed by atoms with Crippen LogP contribution in [-0.4, -0.2) is 45.2 Å². The number of hydrogen-bond acceptors (Lipinski definition) is 6. The predicted molar refractivity (Wildman–Crippen MR) is 139 cm³/mol. The first-order valence-electron chi connectivity index (χ1n) is 11.2. The Hall–Kier alpha value is -4.59. The molecule has 0 aliphatic rings. The highest BCUT2D eigenvalue weighted by molar-refractivity contribution is 6.15. The van der Waals surface area contributed by atoms with Crippen LogP contribution in [0.2, 0.25) is 0 Å². The van der Waals surface area contributed by atoms with Gasteiger partial charge in [-0.1, -0.05) is 30.3 Å². The topological polar surface area (TPSA) is 98.8 Å². The van der Waals surface area contributed by atoms with Crippen molar-refractivity contribution in [1.82, 2.24) is 10.3 Å². The number of nitrogens with one attached hydrogen (secondary N) is 2. The largest absolute Gasteiger partial charge is 0.493 e. The van der Waals surface area contributed by atoms with Crippen molar-refractivity contribution < 1.29 is 23.8 Å². The van der Waals surface area contributed by atoms with Crippen LogP contribution >= 0.6 is 0 Å². The van der Waals surface area contributed by atoms with Gasteiger partial charge in [-0.2, -0.15) is 0 Å². The lowest BCUT2D eigenvalue weighted by atomic mass is 10.0. The number of rotatable bonds is 7. The number of carbonyl (C=O) groups is 2. The van der Waals surface area contributed by atoms with E-state index in [0.717, 1.165) is 5.56 Å². The molecule has 0 saturated carbocycles. The van der Waals surface area contributed by atoms with E-state index in [4.69, 9.17) is 19.2 Å². The second kappa shape index (κ2) is 10.4. The Kier molecular flexibility index (Phi) is 7.05. The number of fused-ring (bicyclic) bond motifs is 1. The number of benzene rings is 3. The molecule has 4 aromatic rings. The average molecular weight is 486 g/mol. The summed E-state index contributed by atoms with van der Waals surface area (Å²) in [6, 6.07) is 18.0. The molecule has 184 valence electrons. The molecule has 0 spiro atoms. The molecule has 0 fully saturated rings. The van der Waals surface area contributed by atoms with E-state index < -0.39 is 0 Å². The van der Waals surface area contributed by atoms with E-state index in [9.17, 15) is 9.59 Å². The lowest BCUT2D eigenvalue weighted by Gasteiger charge is -2.16. The highest BCUT2D eigenvalue weighted by Crippen LogP contribution is 2.41. The molecule has 8 nitrogen and oxygen atoms in total. The van der Waals surface area contributed by atoms with Gasteiger partial charge in [-0.15, -0.1) is 0 Å².